The molecule has 0 atom stereocenters. The van der Waals surface area contributed by atoms with Gasteiger partial charge in [-0.25, -0.2) is 4.98 Å². The molecule has 4 aromatic rings. The summed E-state index contributed by atoms with van der Waals surface area (Å²) in [5.74, 6) is 2.35. The van der Waals surface area contributed by atoms with Crippen LogP contribution in [0.2, 0.25) is 0 Å². The Balaban J connectivity index is 1.27. The summed E-state index contributed by atoms with van der Waals surface area (Å²) < 4.78 is 22.1. The minimum atomic E-state index is -0.279. The molecule has 0 aliphatic carbocycles. The van der Waals surface area contributed by atoms with E-state index in [-0.39, 0.29) is 5.91 Å². The van der Waals surface area contributed by atoms with Crippen molar-refractivity contribution in [2.45, 2.75) is 26.9 Å². The molecule has 0 saturated carbocycles. The van der Waals surface area contributed by atoms with Crippen LogP contribution >= 0.6 is 11.3 Å². The Kier molecular flexibility index (Phi) is 5.93. The third kappa shape index (κ3) is 4.34. The van der Waals surface area contributed by atoms with E-state index in [9.17, 15) is 4.79 Å². The summed E-state index contributed by atoms with van der Waals surface area (Å²) in [6.45, 7) is 4.71. The van der Waals surface area contributed by atoms with Crippen LogP contribution in [-0.4, -0.2) is 29.8 Å². The highest BCUT2D eigenvalue weighted by atomic mass is 32.1. The van der Waals surface area contributed by atoms with Gasteiger partial charge >= 0.3 is 0 Å². The number of nitrogens with one attached hydrogen (secondary N) is 1. The van der Waals surface area contributed by atoms with E-state index in [4.69, 9.17) is 18.7 Å². The zero-order valence-electron chi connectivity index (χ0n) is 19.0. The van der Waals surface area contributed by atoms with Gasteiger partial charge in [-0.3, -0.25) is 10.1 Å². The van der Waals surface area contributed by atoms with Gasteiger partial charge in [0.1, 0.15) is 18.1 Å². The fraction of sp³-hybridized carbons (Fsp3) is 0.240. The number of fused-ring (bicyclic) bond motifs is 1. The van der Waals surface area contributed by atoms with Crippen LogP contribution in [-0.2, 0) is 13.0 Å². The van der Waals surface area contributed by atoms with E-state index in [1.54, 1.807) is 18.2 Å². The summed E-state index contributed by atoms with van der Waals surface area (Å²) in [4.78, 5) is 17.4. The second-order valence-electron chi connectivity index (χ2n) is 7.87. The second-order valence-corrected chi connectivity index (χ2v) is 8.73. The molecule has 2 aromatic carbocycles. The van der Waals surface area contributed by atoms with Crippen molar-refractivity contribution in [1.82, 2.24) is 10.1 Å². The quantitative estimate of drug-likeness (QED) is 0.391. The first-order chi connectivity index (χ1) is 16.5. The lowest BCUT2D eigenvalue weighted by atomic mass is 10.1. The van der Waals surface area contributed by atoms with Gasteiger partial charge in [0.25, 0.3) is 5.91 Å². The second kappa shape index (κ2) is 9.18. The topological polar surface area (TPSA) is 95.7 Å². The highest BCUT2D eigenvalue weighted by Crippen LogP contribution is 2.33. The van der Waals surface area contributed by atoms with Gasteiger partial charge in [-0.15, -0.1) is 11.3 Å². The zero-order chi connectivity index (χ0) is 23.7. The van der Waals surface area contributed by atoms with Crippen LogP contribution in [0, 0.1) is 13.8 Å². The fourth-order valence-electron chi connectivity index (χ4n) is 3.76. The number of aryl methyl sites for hydroxylation is 2. The Hall–Kier alpha value is -3.85. The monoisotopic (exact) mass is 477 g/mol. The van der Waals surface area contributed by atoms with Gasteiger partial charge < -0.3 is 18.7 Å². The average molecular weight is 478 g/mol. The molecular weight excluding hydrogens is 454 g/mol. The Morgan fingerprint density at radius 1 is 1.18 bits per heavy atom. The summed E-state index contributed by atoms with van der Waals surface area (Å²) in [6.07, 6.45) is 0.899. The predicted molar refractivity (Wildman–Crippen MR) is 128 cm³/mol. The molecule has 0 saturated heterocycles. The predicted octanol–water partition coefficient (Wildman–Crippen LogP) is 5.19. The van der Waals surface area contributed by atoms with Crippen molar-refractivity contribution in [1.29, 1.82) is 0 Å². The van der Waals surface area contributed by atoms with Gasteiger partial charge in [0.05, 0.1) is 30.7 Å². The molecule has 34 heavy (non-hydrogen) atoms. The summed E-state index contributed by atoms with van der Waals surface area (Å²) >= 11 is 1.38. The van der Waals surface area contributed by atoms with E-state index < -0.39 is 0 Å². The molecule has 2 aromatic heterocycles. The standard InChI is InChI=1S/C25H23N3O5S/c1-14-19(15(2)33-28-14)12-32-22-7-5-18(11-23(22)30-3)24(29)27-25-26-20(13-34-25)16-4-6-21-17(10-16)8-9-31-21/h4-7,10-11,13H,8-9,12H2,1-3H3,(H,26,27,29). The molecule has 1 aliphatic rings. The molecule has 0 bridgehead atoms. The third-order valence-electron chi connectivity index (χ3n) is 5.69. The molecule has 1 amide bonds. The first-order valence-electron chi connectivity index (χ1n) is 10.8. The first-order valence-corrected chi connectivity index (χ1v) is 11.7. The summed E-state index contributed by atoms with van der Waals surface area (Å²) in [5.41, 5.74) is 5.11. The van der Waals surface area contributed by atoms with Crippen molar-refractivity contribution in [2.75, 3.05) is 19.0 Å². The highest BCUT2D eigenvalue weighted by Gasteiger charge is 2.17. The van der Waals surface area contributed by atoms with E-state index >= 15 is 0 Å². The normalized spacial score (nSPS) is 12.2. The van der Waals surface area contributed by atoms with Gasteiger partial charge in [0.15, 0.2) is 16.6 Å². The molecule has 1 N–H and O–H groups in total. The van der Waals surface area contributed by atoms with E-state index in [2.05, 4.69) is 21.5 Å². The number of thiazole rings is 1. The number of hydrogen-bond acceptors (Lipinski definition) is 8. The van der Waals surface area contributed by atoms with Gasteiger partial charge in [-0.05, 0) is 55.8 Å². The van der Waals surface area contributed by atoms with Gasteiger partial charge in [-0.1, -0.05) is 5.16 Å². The summed E-state index contributed by atoms with van der Waals surface area (Å²) in [6, 6.07) is 11.1. The van der Waals surface area contributed by atoms with Crippen LogP contribution < -0.4 is 19.5 Å². The van der Waals surface area contributed by atoms with Crippen LogP contribution in [0.4, 0.5) is 5.13 Å². The van der Waals surface area contributed by atoms with E-state index in [0.29, 0.717) is 41.2 Å². The lowest BCUT2D eigenvalue weighted by Gasteiger charge is -2.12. The van der Waals surface area contributed by atoms with Crippen LogP contribution in [0.1, 0.15) is 32.9 Å². The number of aromatic nitrogens is 2. The SMILES string of the molecule is COc1cc(C(=O)Nc2nc(-c3ccc4c(c3)CCO4)cs2)ccc1OCc1c(C)noc1C. The summed E-state index contributed by atoms with van der Waals surface area (Å²) in [7, 11) is 1.54. The fourth-order valence-corrected chi connectivity index (χ4v) is 4.48. The molecule has 0 spiro atoms. The van der Waals surface area contributed by atoms with Crippen molar-refractivity contribution in [3.05, 3.63) is 69.9 Å². The molecule has 8 nitrogen and oxygen atoms in total. The van der Waals surface area contributed by atoms with Crippen molar-refractivity contribution in [2.24, 2.45) is 0 Å². The molecule has 1 aliphatic heterocycles. The van der Waals surface area contributed by atoms with Crippen molar-refractivity contribution in [3.63, 3.8) is 0 Å². The molecule has 0 unspecified atom stereocenters. The minimum Gasteiger partial charge on any atom is -0.493 e. The molecule has 0 fully saturated rings. The number of rotatable bonds is 7. The number of carbonyl (C=O) groups is 1. The van der Waals surface area contributed by atoms with Gasteiger partial charge in [-0.2, -0.15) is 0 Å². The van der Waals surface area contributed by atoms with Crippen LogP contribution in [0.5, 0.6) is 17.2 Å². The Morgan fingerprint density at radius 2 is 2.06 bits per heavy atom. The number of amides is 1. The maximum Gasteiger partial charge on any atom is 0.257 e. The van der Waals surface area contributed by atoms with E-state index in [0.717, 1.165) is 34.7 Å². The zero-order valence-corrected chi connectivity index (χ0v) is 19.8. The first kappa shape index (κ1) is 22.0. The largest absolute Gasteiger partial charge is 0.493 e. The molecular formula is C25H23N3O5S. The Labute approximate surface area is 200 Å². The maximum absolute atomic E-state index is 12.8. The van der Waals surface area contributed by atoms with Crippen LogP contribution in [0.3, 0.4) is 0 Å². The number of anilines is 1. The average Bonchev–Trinajstić information content (AvgIpc) is 3.58. The minimum absolute atomic E-state index is 0.279. The van der Waals surface area contributed by atoms with Crippen LogP contribution in [0.15, 0.2) is 46.3 Å². The van der Waals surface area contributed by atoms with Crippen molar-refractivity contribution in [3.8, 4) is 28.5 Å². The van der Waals surface area contributed by atoms with E-state index in [1.807, 2.05) is 31.4 Å². The van der Waals surface area contributed by atoms with Gasteiger partial charge in [0, 0.05) is 22.9 Å². The number of hydrogen-bond donors (Lipinski definition) is 1. The lowest BCUT2D eigenvalue weighted by Crippen LogP contribution is -2.12. The van der Waals surface area contributed by atoms with Crippen LogP contribution in [0.25, 0.3) is 11.3 Å². The molecule has 5 rings (SSSR count). The Bertz CT molecular complexity index is 1340. The number of benzene rings is 2. The molecule has 174 valence electrons. The number of carbonyl (C=O) groups excluding carboxylic acids is 1. The van der Waals surface area contributed by atoms with Crippen molar-refractivity contribution < 1.29 is 23.5 Å². The molecule has 9 heteroatoms. The van der Waals surface area contributed by atoms with Crippen molar-refractivity contribution >= 4 is 22.4 Å². The molecule has 3 heterocycles. The number of methoxy groups -OCH3 is 1. The maximum atomic E-state index is 12.8. The van der Waals surface area contributed by atoms with Gasteiger partial charge in [0.2, 0.25) is 0 Å². The third-order valence-corrected chi connectivity index (χ3v) is 6.45. The highest BCUT2D eigenvalue weighted by molar-refractivity contribution is 7.14. The smallest absolute Gasteiger partial charge is 0.257 e. The summed E-state index contributed by atoms with van der Waals surface area (Å²) in [5, 5.41) is 9.25. The Morgan fingerprint density at radius 3 is 2.85 bits per heavy atom. The number of ether oxygens (including phenoxy) is 3. The lowest BCUT2D eigenvalue weighted by molar-refractivity contribution is 0.102. The molecule has 0 radical (unpaired) electrons. The van der Waals surface area contributed by atoms with E-state index in [1.165, 1.54) is 24.0 Å². The number of nitrogens with zero attached hydrogens (tertiary/aromatic N) is 2.